The van der Waals surface area contributed by atoms with E-state index in [1.54, 1.807) is 0 Å². The van der Waals surface area contributed by atoms with Crippen LogP contribution in [0.25, 0.3) is 11.1 Å². The first-order chi connectivity index (χ1) is 16.0. The lowest BCUT2D eigenvalue weighted by Gasteiger charge is -2.39. The van der Waals surface area contributed by atoms with E-state index in [1.165, 1.54) is 28.0 Å². The summed E-state index contributed by atoms with van der Waals surface area (Å²) in [6.45, 7) is 14.7. The third-order valence-corrected chi connectivity index (χ3v) is 6.50. The van der Waals surface area contributed by atoms with Crippen molar-refractivity contribution in [1.29, 1.82) is 0 Å². The van der Waals surface area contributed by atoms with Gasteiger partial charge in [-0.2, -0.15) is 5.10 Å². The molecule has 0 saturated carbocycles. The van der Waals surface area contributed by atoms with Gasteiger partial charge in [0.2, 0.25) is 0 Å². The minimum absolute atomic E-state index is 0. The van der Waals surface area contributed by atoms with Gasteiger partial charge in [-0.1, -0.05) is 49.1 Å². The van der Waals surface area contributed by atoms with Gasteiger partial charge < -0.3 is 10.2 Å². The van der Waals surface area contributed by atoms with Gasteiger partial charge in [0.25, 0.3) is 0 Å². The van der Waals surface area contributed by atoms with Crippen molar-refractivity contribution >= 4 is 16.9 Å². The molecule has 0 aliphatic carbocycles. The van der Waals surface area contributed by atoms with Crippen LogP contribution in [0.1, 0.15) is 39.7 Å². The van der Waals surface area contributed by atoms with E-state index in [-0.39, 0.29) is 1.43 Å². The molecule has 0 bridgehead atoms. The second-order valence-corrected chi connectivity index (χ2v) is 8.90. The van der Waals surface area contributed by atoms with Crippen molar-refractivity contribution in [2.75, 3.05) is 26.2 Å². The van der Waals surface area contributed by atoms with Crippen LogP contribution < -0.4 is 5.32 Å². The SMILES string of the molecule is C=C(CC1=NCC=C(C)C(N2CCNC[C@@H]2C)=C1/C(=C\C)c1ccccc1)c1cnn(C)c1.[HH]. The molecule has 4 rings (SSSR count). The summed E-state index contributed by atoms with van der Waals surface area (Å²) in [5.41, 5.74) is 9.45. The maximum atomic E-state index is 5.10. The number of aliphatic imine (C=N–C) groups is 1. The largest absolute Gasteiger partial charge is 0.366 e. The Morgan fingerprint density at radius 1 is 1.27 bits per heavy atom. The van der Waals surface area contributed by atoms with Crippen LogP contribution >= 0.6 is 0 Å². The molecule has 33 heavy (non-hydrogen) atoms. The van der Waals surface area contributed by atoms with Crippen LogP contribution in [0.3, 0.4) is 0 Å². The molecule has 1 aromatic heterocycles. The minimum Gasteiger partial charge on any atom is -0.366 e. The van der Waals surface area contributed by atoms with Gasteiger partial charge >= 0.3 is 0 Å². The third kappa shape index (κ3) is 4.93. The molecule has 1 aromatic carbocycles. The smallest absolute Gasteiger partial charge is 0.0580 e. The van der Waals surface area contributed by atoms with Gasteiger partial charge in [-0.15, -0.1) is 0 Å². The fourth-order valence-electron chi connectivity index (χ4n) is 4.75. The number of hydrogen-bond donors (Lipinski definition) is 1. The van der Waals surface area contributed by atoms with Crippen LogP contribution in [0.2, 0.25) is 0 Å². The average molecular weight is 444 g/mol. The van der Waals surface area contributed by atoms with Crippen molar-refractivity contribution in [1.82, 2.24) is 20.0 Å². The summed E-state index contributed by atoms with van der Waals surface area (Å²) >= 11 is 0. The molecule has 0 spiro atoms. The van der Waals surface area contributed by atoms with Crippen LogP contribution in [0, 0.1) is 0 Å². The number of benzene rings is 1. The Hall–Kier alpha value is -3.18. The standard InChI is InChI=1S/C28H35N5.H2/c1-6-25(23-10-8-7-9-11-23)27-26(16-21(3)24-18-31-32(5)19-24)30-13-12-20(2)28(27)33-15-14-29-17-22(33)4;/h6-12,18-19,22,29H,3,13-17H2,1-2,4-5H3;1H/b25-6-;/t22-;/m0./s1. The van der Waals surface area contributed by atoms with E-state index < -0.39 is 0 Å². The lowest BCUT2D eigenvalue weighted by molar-refractivity contribution is 0.227. The molecule has 1 N–H and O–H groups in total. The highest BCUT2D eigenvalue weighted by Gasteiger charge is 2.29. The van der Waals surface area contributed by atoms with E-state index in [2.05, 4.69) is 85.1 Å². The molecule has 5 nitrogen and oxygen atoms in total. The molecule has 2 aliphatic heterocycles. The molecule has 0 amide bonds. The number of hydrogen-bond acceptors (Lipinski definition) is 4. The summed E-state index contributed by atoms with van der Waals surface area (Å²) in [4.78, 5) is 7.67. The van der Waals surface area contributed by atoms with Crippen molar-refractivity contribution < 1.29 is 1.43 Å². The maximum absolute atomic E-state index is 5.10. The van der Waals surface area contributed by atoms with Crippen LogP contribution in [0.5, 0.6) is 0 Å². The van der Waals surface area contributed by atoms with E-state index in [9.17, 15) is 0 Å². The lowest BCUT2D eigenvalue weighted by Crippen LogP contribution is -2.49. The van der Waals surface area contributed by atoms with Gasteiger partial charge in [-0.05, 0) is 43.1 Å². The maximum Gasteiger partial charge on any atom is 0.0580 e. The quantitative estimate of drug-likeness (QED) is 0.674. The van der Waals surface area contributed by atoms with E-state index in [0.717, 1.165) is 36.5 Å². The molecule has 1 saturated heterocycles. The molecular formula is C28H37N5. The summed E-state index contributed by atoms with van der Waals surface area (Å²) in [6.07, 6.45) is 9.11. The predicted molar refractivity (Wildman–Crippen MR) is 141 cm³/mol. The van der Waals surface area contributed by atoms with Crippen LogP contribution in [-0.4, -0.2) is 52.6 Å². The highest BCUT2D eigenvalue weighted by molar-refractivity contribution is 6.17. The zero-order valence-corrected chi connectivity index (χ0v) is 20.3. The summed E-state index contributed by atoms with van der Waals surface area (Å²) < 4.78 is 1.83. The summed E-state index contributed by atoms with van der Waals surface area (Å²) in [5, 5.41) is 7.88. The van der Waals surface area contributed by atoms with Crippen LogP contribution in [0.15, 0.2) is 83.3 Å². The zero-order valence-electron chi connectivity index (χ0n) is 20.3. The Kier molecular flexibility index (Phi) is 7.09. The molecule has 174 valence electrons. The fourth-order valence-corrected chi connectivity index (χ4v) is 4.75. The Bertz CT molecular complexity index is 1140. The van der Waals surface area contributed by atoms with Crippen molar-refractivity contribution in [2.24, 2.45) is 12.0 Å². The number of piperazine rings is 1. The number of nitrogens with zero attached hydrogens (tertiary/aromatic N) is 4. The Balaban J connectivity index is 0.00000324. The number of aryl methyl sites for hydroxylation is 1. The average Bonchev–Trinajstić information content (AvgIpc) is 3.20. The molecule has 2 aliphatic rings. The Morgan fingerprint density at radius 2 is 2.06 bits per heavy atom. The van der Waals surface area contributed by atoms with Crippen LogP contribution in [0.4, 0.5) is 0 Å². The first-order valence-electron chi connectivity index (χ1n) is 11.8. The Labute approximate surface area is 199 Å². The van der Waals surface area contributed by atoms with Crippen molar-refractivity contribution in [3.63, 3.8) is 0 Å². The van der Waals surface area contributed by atoms with Gasteiger partial charge in [0, 0.05) is 69.3 Å². The van der Waals surface area contributed by atoms with Gasteiger partial charge in [-0.25, -0.2) is 0 Å². The van der Waals surface area contributed by atoms with Gasteiger partial charge in [0.1, 0.15) is 0 Å². The minimum atomic E-state index is 0. The highest BCUT2D eigenvalue weighted by atomic mass is 15.2. The topological polar surface area (TPSA) is 45.4 Å². The number of nitrogens with one attached hydrogen (secondary N) is 1. The number of allylic oxidation sites excluding steroid dienone is 5. The fraction of sp³-hybridized carbons (Fsp3) is 0.357. The number of rotatable bonds is 6. The third-order valence-electron chi connectivity index (χ3n) is 6.50. The first-order valence-corrected chi connectivity index (χ1v) is 11.8. The van der Waals surface area contributed by atoms with Crippen molar-refractivity contribution in [3.05, 3.63) is 89.4 Å². The predicted octanol–water partition coefficient (Wildman–Crippen LogP) is 5.12. The number of aromatic nitrogens is 2. The van der Waals surface area contributed by atoms with Gasteiger partial charge in [0.05, 0.1) is 12.7 Å². The second kappa shape index (κ2) is 10.2. The molecule has 2 aromatic rings. The molecule has 5 heteroatoms. The lowest BCUT2D eigenvalue weighted by atomic mass is 9.87. The second-order valence-electron chi connectivity index (χ2n) is 8.90. The van der Waals surface area contributed by atoms with Crippen molar-refractivity contribution in [3.8, 4) is 0 Å². The summed E-state index contributed by atoms with van der Waals surface area (Å²) in [5.74, 6) is 0. The van der Waals surface area contributed by atoms with E-state index in [0.29, 0.717) is 19.0 Å². The van der Waals surface area contributed by atoms with E-state index in [4.69, 9.17) is 4.99 Å². The Morgan fingerprint density at radius 3 is 2.73 bits per heavy atom. The molecule has 1 fully saturated rings. The van der Waals surface area contributed by atoms with Gasteiger partial charge in [0.15, 0.2) is 0 Å². The molecular weight excluding hydrogens is 406 g/mol. The van der Waals surface area contributed by atoms with E-state index >= 15 is 0 Å². The summed E-state index contributed by atoms with van der Waals surface area (Å²) in [7, 11) is 1.94. The molecule has 0 radical (unpaired) electrons. The van der Waals surface area contributed by atoms with Crippen LogP contribution in [-0.2, 0) is 7.05 Å². The highest BCUT2D eigenvalue weighted by Crippen LogP contribution is 2.36. The summed E-state index contributed by atoms with van der Waals surface area (Å²) in [6, 6.07) is 11.1. The molecule has 0 unspecified atom stereocenters. The van der Waals surface area contributed by atoms with Crippen molar-refractivity contribution in [2.45, 2.75) is 33.2 Å². The van der Waals surface area contributed by atoms with E-state index in [1.807, 2.05) is 24.1 Å². The zero-order chi connectivity index (χ0) is 23.4. The molecule has 3 heterocycles. The normalized spacial score (nSPS) is 19.8. The molecule has 1 atom stereocenters. The first kappa shape index (κ1) is 23.0. The van der Waals surface area contributed by atoms with Gasteiger partial charge in [-0.3, -0.25) is 9.67 Å². The monoisotopic (exact) mass is 443 g/mol.